The first-order valence-corrected chi connectivity index (χ1v) is 9.82. The van der Waals surface area contributed by atoms with Gasteiger partial charge in [-0.25, -0.2) is 0 Å². The zero-order valence-electron chi connectivity index (χ0n) is 15.4. The van der Waals surface area contributed by atoms with Crippen molar-refractivity contribution in [3.63, 3.8) is 0 Å². The van der Waals surface area contributed by atoms with Gasteiger partial charge in [-0.3, -0.25) is 29.4 Å². The van der Waals surface area contributed by atoms with Gasteiger partial charge in [0.2, 0.25) is 11.8 Å². The number of nitrogens with one attached hydrogen (secondary N) is 1. The highest BCUT2D eigenvalue weighted by molar-refractivity contribution is 6.23. The third-order valence-corrected chi connectivity index (χ3v) is 6.58. The molecule has 0 spiro atoms. The molecule has 0 radical (unpaired) electrons. The molecule has 8 heteroatoms. The number of imide groups is 2. The van der Waals surface area contributed by atoms with Gasteiger partial charge in [0.15, 0.2) is 0 Å². The number of anilines is 1. The summed E-state index contributed by atoms with van der Waals surface area (Å²) in [6.07, 6.45) is 3.53. The molecule has 3 N–H and O–H groups in total. The van der Waals surface area contributed by atoms with Crippen molar-refractivity contribution in [3.05, 3.63) is 29.3 Å². The van der Waals surface area contributed by atoms with Crippen molar-refractivity contribution < 1.29 is 19.2 Å². The van der Waals surface area contributed by atoms with Gasteiger partial charge in [-0.15, -0.1) is 0 Å². The Bertz CT molecular complexity index is 913. The zero-order chi connectivity index (χ0) is 19.6. The van der Waals surface area contributed by atoms with Gasteiger partial charge < -0.3 is 10.6 Å². The molecule has 28 heavy (non-hydrogen) atoms. The molecule has 1 aromatic rings. The second kappa shape index (κ2) is 6.13. The molecule has 6 rings (SSSR count). The number of hydrogen-bond donors (Lipinski definition) is 2. The lowest BCUT2D eigenvalue weighted by Gasteiger charge is -2.50. The summed E-state index contributed by atoms with van der Waals surface area (Å²) in [7, 11) is 0. The second-order valence-corrected chi connectivity index (χ2v) is 8.24. The number of carbonyl (C=O) groups excluding carboxylic acids is 4. The molecule has 1 aliphatic carbocycles. The van der Waals surface area contributed by atoms with Crippen molar-refractivity contribution in [2.24, 2.45) is 11.7 Å². The van der Waals surface area contributed by atoms with Crippen molar-refractivity contribution in [1.82, 2.24) is 10.2 Å². The average molecular weight is 382 g/mol. The molecule has 8 nitrogen and oxygen atoms in total. The van der Waals surface area contributed by atoms with Gasteiger partial charge in [0, 0.05) is 30.7 Å². The standard InChI is InChI=1S/C20H22N4O4/c21-14-7-10-1-4-15(14)23(9-10)11-2-3-12-13(8-11)20(28)24(19(12)27)16-5-6-17(25)22-18(16)26/h2-3,8,10,14-16H,1,4-7,9,21H2,(H,22,25,26). The maximum absolute atomic E-state index is 13.0. The van der Waals surface area contributed by atoms with E-state index in [1.54, 1.807) is 12.1 Å². The Labute approximate surface area is 162 Å². The summed E-state index contributed by atoms with van der Waals surface area (Å²) in [5.41, 5.74) is 7.84. The quantitative estimate of drug-likeness (QED) is 0.716. The van der Waals surface area contributed by atoms with Crippen molar-refractivity contribution in [2.45, 2.75) is 50.2 Å². The number of nitrogens with zero attached hydrogens (tertiary/aromatic N) is 2. The minimum Gasteiger partial charge on any atom is -0.367 e. The summed E-state index contributed by atoms with van der Waals surface area (Å²) in [6.45, 7) is 0.913. The molecule has 5 aliphatic rings. The first-order chi connectivity index (χ1) is 13.4. The summed E-state index contributed by atoms with van der Waals surface area (Å²) in [5.74, 6) is -1.35. The Morgan fingerprint density at radius 1 is 1.00 bits per heavy atom. The predicted octanol–water partition coefficient (Wildman–Crippen LogP) is 0.404. The summed E-state index contributed by atoms with van der Waals surface area (Å²) >= 11 is 0. The number of rotatable bonds is 2. The number of fused-ring (bicyclic) bond motifs is 4. The molecule has 4 fully saturated rings. The van der Waals surface area contributed by atoms with Crippen LogP contribution in [0.2, 0.25) is 0 Å². The molecule has 0 aromatic heterocycles. The molecule has 4 amide bonds. The van der Waals surface area contributed by atoms with E-state index in [9.17, 15) is 19.2 Å². The van der Waals surface area contributed by atoms with E-state index in [1.165, 1.54) is 6.42 Å². The smallest absolute Gasteiger partial charge is 0.262 e. The normalized spacial score (nSPS) is 32.0. The molecule has 4 heterocycles. The lowest BCUT2D eigenvalue weighted by Crippen LogP contribution is -2.59. The summed E-state index contributed by atoms with van der Waals surface area (Å²) in [4.78, 5) is 52.6. The van der Waals surface area contributed by atoms with Crippen LogP contribution in [0, 0.1) is 5.92 Å². The van der Waals surface area contributed by atoms with E-state index in [0.717, 1.165) is 30.0 Å². The summed E-state index contributed by atoms with van der Waals surface area (Å²) in [6, 6.07) is 4.73. The molecule has 3 saturated heterocycles. The summed E-state index contributed by atoms with van der Waals surface area (Å²) < 4.78 is 0. The Kier molecular flexibility index (Phi) is 3.80. The van der Waals surface area contributed by atoms with E-state index in [4.69, 9.17) is 5.73 Å². The van der Waals surface area contributed by atoms with E-state index in [2.05, 4.69) is 10.2 Å². The molecule has 4 aliphatic heterocycles. The molecular formula is C20H22N4O4. The number of amides is 4. The van der Waals surface area contributed by atoms with Crippen LogP contribution in [0.25, 0.3) is 0 Å². The van der Waals surface area contributed by atoms with Gasteiger partial charge in [0.25, 0.3) is 11.8 Å². The Morgan fingerprint density at radius 2 is 1.79 bits per heavy atom. The first-order valence-electron chi connectivity index (χ1n) is 9.82. The third kappa shape index (κ3) is 2.47. The highest BCUT2D eigenvalue weighted by Gasteiger charge is 2.45. The lowest BCUT2D eigenvalue weighted by molar-refractivity contribution is -0.136. The second-order valence-electron chi connectivity index (χ2n) is 8.24. The van der Waals surface area contributed by atoms with Crippen molar-refractivity contribution in [1.29, 1.82) is 0 Å². The van der Waals surface area contributed by atoms with Crippen molar-refractivity contribution in [3.8, 4) is 0 Å². The van der Waals surface area contributed by atoms with Gasteiger partial charge in [0.1, 0.15) is 6.04 Å². The molecule has 146 valence electrons. The molecular weight excluding hydrogens is 360 g/mol. The fraction of sp³-hybridized carbons (Fsp3) is 0.500. The van der Waals surface area contributed by atoms with Gasteiger partial charge in [-0.05, 0) is 49.8 Å². The molecule has 4 unspecified atom stereocenters. The SMILES string of the molecule is NC1CC2CCC1N(c1ccc3c(c1)C(=O)N(C1CCC(=O)NC1=O)C3=O)C2. The van der Waals surface area contributed by atoms with Crippen LogP contribution in [0.1, 0.15) is 52.8 Å². The average Bonchev–Trinajstić information content (AvgIpc) is 2.92. The van der Waals surface area contributed by atoms with Crippen LogP contribution in [-0.2, 0) is 9.59 Å². The largest absolute Gasteiger partial charge is 0.367 e. The number of hydrogen-bond acceptors (Lipinski definition) is 6. The van der Waals surface area contributed by atoms with Crippen LogP contribution in [0.3, 0.4) is 0 Å². The highest BCUT2D eigenvalue weighted by Crippen LogP contribution is 2.39. The topological polar surface area (TPSA) is 113 Å². The number of piperidine rings is 3. The molecule has 4 atom stereocenters. The van der Waals surface area contributed by atoms with Crippen LogP contribution >= 0.6 is 0 Å². The maximum atomic E-state index is 13.0. The Balaban J connectivity index is 1.45. The first kappa shape index (κ1) is 17.4. The monoisotopic (exact) mass is 382 g/mol. The fourth-order valence-electron chi connectivity index (χ4n) is 5.18. The minimum absolute atomic E-state index is 0.115. The van der Waals surface area contributed by atoms with E-state index in [1.807, 2.05) is 6.07 Å². The lowest BCUT2D eigenvalue weighted by atomic mass is 9.76. The molecule has 1 saturated carbocycles. The van der Waals surface area contributed by atoms with Crippen LogP contribution in [0.15, 0.2) is 18.2 Å². The van der Waals surface area contributed by atoms with Gasteiger partial charge >= 0.3 is 0 Å². The van der Waals surface area contributed by atoms with Crippen LogP contribution in [0.5, 0.6) is 0 Å². The molecule has 1 aromatic carbocycles. The van der Waals surface area contributed by atoms with Crippen molar-refractivity contribution in [2.75, 3.05) is 11.4 Å². The van der Waals surface area contributed by atoms with Gasteiger partial charge in [0.05, 0.1) is 11.1 Å². The third-order valence-electron chi connectivity index (χ3n) is 6.58. The predicted molar refractivity (Wildman–Crippen MR) is 99.6 cm³/mol. The van der Waals surface area contributed by atoms with Crippen LogP contribution in [-0.4, -0.2) is 53.2 Å². The maximum Gasteiger partial charge on any atom is 0.262 e. The van der Waals surface area contributed by atoms with Crippen LogP contribution in [0.4, 0.5) is 5.69 Å². The zero-order valence-corrected chi connectivity index (χ0v) is 15.4. The van der Waals surface area contributed by atoms with E-state index in [0.29, 0.717) is 17.0 Å². The minimum atomic E-state index is -0.937. The highest BCUT2D eigenvalue weighted by atomic mass is 16.2. The number of carbonyl (C=O) groups is 4. The Hall–Kier alpha value is -2.74. The van der Waals surface area contributed by atoms with Crippen LogP contribution < -0.4 is 16.0 Å². The summed E-state index contributed by atoms with van der Waals surface area (Å²) in [5, 5.41) is 2.21. The van der Waals surface area contributed by atoms with Gasteiger partial charge in [-0.2, -0.15) is 0 Å². The van der Waals surface area contributed by atoms with E-state index < -0.39 is 23.8 Å². The van der Waals surface area contributed by atoms with E-state index >= 15 is 0 Å². The van der Waals surface area contributed by atoms with E-state index in [-0.39, 0.29) is 30.8 Å². The number of benzene rings is 1. The van der Waals surface area contributed by atoms with Gasteiger partial charge in [-0.1, -0.05) is 0 Å². The van der Waals surface area contributed by atoms with Crippen molar-refractivity contribution >= 4 is 29.3 Å². The molecule has 2 bridgehead atoms. The fourth-order valence-corrected chi connectivity index (χ4v) is 5.18. The number of nitrogens with two attached hydrogens (primary N) is 1. The Morgan fingerprint density at radius 3 is 2.50 bits per heavy atom.